The Hall–Kier alpha value is -2.68. The van der Waals surface area contributed by atoms with Gasteiger partial charge in [0.2, 0.25) is 0 Å². The summed E-state index contributed by atoms with van der Waals surface area (Å²) in [6.45, 7) is 2.05. The Morgan fingerprint density at radius 2 is 2.10 bits per heavy atom. The number of nitrogens with two attached hydrogens (primary N) is 1. The van der Waals surface area contributed by atoms with Crippen molar-refractivity contribution in [2.45, 2.75) is 18.4 Å². The summed E-state index contributed by atoms with van der Waals surface area (Å²) in [6, 6.07) is 6.89. The van der Waals surface area contributed by atoms with Crippen LogP contribution in [0.2, 0.25) is 0 Å². The minimum absolute atomic E-state index is 0.0333. The molecule has 2 heterocycles. The van der Waals surface area contributed by atoms with E-state index in [4.69, 9.17) is 5.73 Å². The normalized spacial score (nSPS) is 12.1. The van der Waals surface area contributed by atoms with Crippen LogP contribution in [0.15, 0.2) is 53.5 Å². The first-order valence-corrected chi connectivity index (χ1v) is 9.80. The second kappa shape index (κ2) is 8.77. The van der Waals surface area contributed by atoms with Gasteiger partial charge in [-0.15, -0.1) is 0 Å². The molecule has 0 aliphatic rings. The van der Waals surface area contributed by atoms with E-state index in [1.54, 1.807) is 24.5 Å². The lowest BCUT2D eigenvalue weighted by atomic mass is 10.0. The molecule has 0 unspecified atom stereocenters. The van der Waals surface area contributed by atoms with E-state index in [9.17, 15) is 14.3 Å². The minimum atomic E-state index is -1.01. The molecule has 2 aromatic heterocycles. The van der Waals surface area contributed by atoms with Crippen LogP contribution in [0.4, 0.5) is 4.39 Å². The predicted molar refractivity (Wildman–Crippen MR) is 115 cm³/mol. The van der Waals surface area contributed by atoms with Crippen molar-refractivity contribution < 1.29 is 14.3 Å². The molecule has 0 fully saturated rings. The Morgan fingerprint density at radius 3 is 2.76 bits per heavy atom. The molecule has 152 valence electrons. The molecule has 0 atom stereocenters. The lowest BCUT2D eigenvalue weighted by Gasteiger charge is -2.10. The van der Waals surface area contributed by atoms with Crippen LogP contribution >= 0.6 is 11.9 Å². The van der Waals surface area contributed by atoms with Gasteiger partial charge >= 0.3 is 5.97 Å². The maximum atomic E-state index is 14.3. The Bertz CT molecular complexity index is 1090. The van der Waals surface area contributed by atoms with E-state index in [2.05, 4.69) is 4.98 Å². The molecule has 0 saturated carbocycles. The largest absolute Gasteiger partial charge is 0.478 e. The number of carboxylic acid groups (broad SMARTS) is 1. The van der Waals surface area contributed by atoms with Crippen molar-refractivity contribution in [1.82, 2.24) is 13.9 Å². The van der Waals surface area contributed by atoms with E-state index in [-0.39, 0.29) is 24.5 Å². The summed E-state index contributed by atoms with van der Waals surface area (Å²) in [5.41, 5.74) is 8.90. The standard InChI is InChI=1S/C21H23FN4O2S/c1-13-20(15-8-17(11-24-10-15)29-25(2)3)18-9-14(21(27)28)4-5-19(18)26(13)12-16(22)6-7-23/h4-6,8-11H,7,12,23H2,1-3H3,(H,27,28)/b16-6-. The molecule has 3 rings (SSSR count). The first kappa shape index (κ1) is 21.0. The van der Waals surface area contributed by atoms with Gasteiger partial charge in [-0.3, -0.25) is 9.29 Å². The summed E-state index contributed by atoms with van der Waals surface area (Å²) in [5, 5.41) is 10.2. The number of rotatable bonds is 7. The maximum Gasteiger partial charge on any atom is 0.335 e. The van der Waals surface area contributed by atoms with Gasteiger partial charge in [-0.05, 0) is 63.3 Å². The van der Waals surface area contributed by atoms with Crippen molar-refractivity contribution in [3.8, 4) is 11.1 Å². The highest BCUT2D eigenvalue weighted by Crippen LogP contribution is 2.37. The fourth-order valence-corrected chi connectivity index (χ4v) is 4.05. The SMILES string of the molecule is Cc1c(-c2cncc(SN(C)C)c2)c2cc(C(=O)O)ccc2n1C/C(F)=C/CN. The van der Waals surface area contributed by atoms with Gasteiger partial charge in [0.05, 0.1) is 12.1 Å². The number of fused-ring (bicyclic) bond motifs is 1. The van der Waals surface area contributed by atoms with Crippen LogP contribution in [0.3, 0.4) is 0 Å². The summed E-state index contributed by atoms with van der Waals surface area (Å²) >= 11 is 1.54. The predicted octanol–water partition coefficient (Wildman–Crippen LogP) is 4.09. The monoisotopic (exact) mass is 414 g/mol. The van der Waals surface area contributed by atoms with Crippen LogP contribution in [-0.2, 0) is 6.54 Å². The summed E-state index contributed by atoms with van der Waals surface area (Å²) in [5.74, 6) is -1.34. The van der Waals surface area contributed by atoms with Gasteiger partial charge in [0, 0.05) is 51.6 Å². The minimum Gasteiger partial charge on any atom is -0.478 e. The second-order valence-electron chi connectivity index (χ2n) is 6.78. The molecular weight excluding hydrogens is 391 g/mol. The highest BCUT2D eigenvalue weighted by molar-refractivity contribution is 7.97. The molecule has 0 saturated heterocycles. The molecule has 3 aromatic rings. The third-order valence-electron chi connectivity index (χ3n) is 4.51. The van der Waals surface area contributed by atoms with Crippen molar-refractivity contribution in [3.05, 3.63) is 59.8 Å². The molecule has 0 amide bonds. The molecule has 0 bridgehead atoms. The van der Waals surface area contributed by atoms with Gasteiger partial charge in [0.15, 0.2) is 0 Å². The van der Waals surface area contributed by atoms with E-state index in [0.717, 1.165) is 32.6 Å². The average Bonchev–Trinajstić information content (AvgIpc) is 2.92. The number of pyridine rings is 1. The number of hydrogen-bond acceptors (Lipinski definition) is 5. The Labute approximate surface area is 173 Å². The molecule has 0 spiro atoms. The van der Waals surface area contributed by atoms with Crippen molar-refractivity contribution in [3.63, 3.8) is 0 Å². The summed E-state index contributed by atoms with van der Waals surface area (Å²) < 4.78 is 18.1. The van der Waals surface area contributed by atoms with Crippen molar-refractivity contribution in [1.29, 1.82) is 0 Å². The fourth-order valence-electron chi connectivity index (χ4n) is 3.34. The lowest BCUT2D eigenvalue weighted by Crippen LogP contribution is -2.03. The van der Waals surface area contributed by atoms with E-state index < -0.39 is 5.97 Å². The van der Waals surface area contributed by atoms with Gasteiger partial charge in [-0.2, -0.15) is 0 Å². The van der Waals surface area contributed by atoms with E-state index in [1.165, 1.54) is 24.1 Å². The van der Waals surface area contributed by atoms with Crippen molar-refractivity contribution in [2.24, 2.45) is 5.73 Å². The third kappa shape index (κ3) is 4.50. The number of carbonyl (C=O) groups is 1. The molecule has 8 heteroatoms. The number of hydrogen-bond donors (Lipinski definition) is 2. The Morgan fingerprint density at radius 1 is 1.34 bits per heavy atom. The molecule has 3 N–H and O–H groups in total. The first-order chi connectivity index (χ1) is 13.8. The third-order valence-corrected chi connectivity index (χ3v) is 5.31. The van der Waals surface area contributed by atoms with Crippen LogP contribution in [0, 0.1) is 6.92 Å². The first-order valence-electron chi connectivity index (χ1n) is 9.03. The quantitative estimate of drug-likeness (QED) is 0.567. The smallest absolute Gasteiger partial charge is 0.335 e. The number of allylic oxidation sites excluding steroid dienone is 1. The van der Waals surface area contributed by atoms with E-state index in [1.807, 2.05) is 36.0 Å². The number of carboxylic acids is 1. The van der Waals surface area contributed by atoms with Gasteiger partial charge < -0.3 is 15.4 Å². The molecule has 0 aliphatic heterocycles. The second-order valence-corrected chi connectivity index (χ2v) is 8.17. The lowest BCUT2D eigenvalue weighted by molar-refractivity contribution is 0.0697. The zero-order chi connectivity index (χ0) is 21.1. The van der Waals surface area contributed by atoms with Crippen LogP contribution in [0.25, 0.3) is 22.0 Å². The average molecular weight is 415 g/mol. The maximum absolute atomic E-state index is 14.3. The molecule has 0 radical (unpaired) electrons. The summed E-state index contributed by atoms with van der Waals surface area (Å²) in [4.78, 5) is 16.8. The number of aromatic carboxylic acids is 1. The van der Waals surface area contributed by atoms with Crippen LogP contribution < -0.4 is 5.73 Å². The van der Waals surface area contributed by atoms with Crippen LogP contribution in [-0.4, -0.2) is 45.6 Å². The van der Waals surface area contributed by atoms with Gasteiger partial charge in [-0.1, -0.05) is 0 Å². The van der Waals surface area contributed by atoms with Gasteiger partial charge in [0.1, 0.15) is 5.83 Å². The summed E-state index contributed by atoms with van der Waals surface area (Å²) in [7, 11) is 3.89. The van der Waals surface area contributed by atoms with Crippen LogP contribution in [0.1, 0.15) is 16.1 Å². The van der Waals surface area contributed by atoms with E-state index >= 15 is 0 Å². The Balaban J connectivity index is 2.24. The van der Waals surface area contributed by atoms with Gasteiger partial charge in [-0.25, -0.2) is 9.18 Å². The molecule has 1 aromatic carbocycles. The Kier molecular flexibility index (Phi) is 6.36. The number of halogens is 1. The number of nitrogens with zero attached hydrogens (tertiary/aromatic N) is 3. The molecule has 6 nitrogen and oxygen atoms in total. The highest BCUT2D eigenvalue weighted by atomic mass is 32.2. The molecule has 29 heavy (non-hydrogen) atoms. The number of benzene rings is 1. The summed E-state index contributed by atoms with van der Waals surface area (Å²) in [6.07, 6.45) is 4.85. The highest BCUT2D eigenvalue weighted by Gasteiger charge is 2.19. The molecule has 0 aliphatic carbocycles. The molecular formula is C21H23FN4O2S. The van der Waals surface area contributed by atoms with Crippen LogP contribution in [0.5, 0.6) is 0 Å². The number of aromatic nitrogens is 2. The fraction of sp³-hybridized carbons (Fsp3) is 0.238. The topological polar surface area (TPSA) is 84.4 Å². The van der Waals surface area contributed by atoms with Crippen molar-refractivity contribution >= 4 is 28.8 Å². The van der Waals surface area contributed by atoms with Crippen molar-refractivity contribution in [2.75, 3.05) is 20.6 Å². The zero-order valence-electron chi connectivity index (χ0n) is 16.5. The van der Waals surface area contributed by atoms with Gasteiger partial charge in [0.25, 0.3) is 0 Å². The van der Waals surface area contributed by atoms with E-state index in [0.29, 0.717) is 0 Å². The zero-order valence-corrected chi connectivity index (χ0v) is 17.3.